The van der Waals surface area contributed by atoms with E-state index in [-0.39, 0.29) is 5.54 Å². The largest absolute Gasteiger partial charge is 0.321 e. The number of nitrogens with two attached hydrogens (primary N) is 1. The summed E-state index contributed by atoms with van der Waals surface area (Å²) in [6, 6.07) is 6.71. The van der Waals surface area contributed by atoms with Gasteiger partial charge in [-0.15, -0.1) is 0 Å². The summed E-state index contributed by atoms with van der Waals surface area (Å²) in [6.45, 7) is 4.48. The molecule has 2 N–H and O–H groups in total. The monoisotopic (exact) mass is 231 g/mol. The van der Waals surface area contributed by atoms with Crippen LogP contribution >= 0.6 is 0 Å². The molecule has 17 heavy (non-hydrogen) atoms. The first kappa shape index (κ1) is 12.6. The molecule has 0 radical (unpaired) electrons. The first-order valence-electron chi connectivity index (χ1n) is 7.11. The SMILES string of the molecule is CCc1cccc(CC)c1C1(N)CCCCC1. The molecule has 1 fully saturated rings. The summed E-state index contributed by atoms with van der Waals surface area (Å²) in [6.07, 6.45) is 8.46. The molecule has 0 saturated heterocycles. The summed E-state index contributed by atoms with van der Waals surface area (Å²) in [5, 5.41) is 0. The van der Waals surface area contributed by atoms with E-state index < -0.39 is 0 Å². The maximum absolute atomic E-state index is 6.73. The van der Waals surface area contributed by atoms with Crippen LogP contribution in [0.5, 0.6) is 0 Å². The fourth-order valence-corrected chi connectivity index (χ4v) is 3.31. The minimum absolute atomic E-state index is 0.0454. The van der Waals surface area contributed by atoms with Gasteiger partial charge >= 0.3 is 0 Å². The normalized spacial score (nSPS) is 19.2. The summed E-state index contributed by atoms with van der Waals surface area (Å²) in [5.41, 5.74) is 11.1. The Balaban J connectivity index is 2.47. The topological polar surface area (TPSA) is 26.0 Å². The third-order valence-corrected chi connectivity index (χ3v) is 4.24. The van der Waals surface area contributed by atoms with E-state index in [4.69, 9.17) is 5.73 Å². The Morgan fingerprint density at radius 1 is 1.00 bits per heavy atom. The zero-order chi connectivity index (χ0) is 12.3. The number of hydrogen-bond donors (Lipinski definition) is 1. The van der Waals surface area contributed by atoms with Gasteiger partial charge in [-0.3, -0.25) is 0 Å². The number of benzene rings is 1. The molecule has 0 unspecified atom stereocenters. The second-order valence-corrected chi connectivity index (χ2v) is 5.38. The van der Waals surface area contributed by atoms with Crippen LogP contribution in [0.3, 0.4) is 0 Å². The van der Waals surface area contributed by atoms with Crippen molar-refractivity contribution in [3.8, 4) is 0 Å². The lowest BCUT2D eigenvalue weighted by Gasteiger charge is -2.37. The summed E-state index contributed by atoms with van der Waals surface area (Å²) >= 11 is 0. The van der Waals surface area contributed by atoms with E-state index in [1.54, 1.807) is 0 Å². The van der Waals surface area contributed by atoms with Gasteiger partial charge in [0.15, 0.2) is 0 Å². The minimum atomic E-state index is -0.0454. The fraction of sp³-hybridized carbons (Fsp3) is 0.625. The minimum Gasteiger partial charge on any atom is -0.321 e. The molecule has 0 aliphatic heterocycles. The van der Waals surface area contributed by atoms with Gasteiger partial charge in [0.1, 0.15) is 0 Å². The van der Waals surface area contributed by atoms with Gasteiger partial charge in [-0.05, 0) is 42.4 Å². The summed E-state index contributed by atoms with van der Waals surface area (Å²) in [7, 11) is 0. The molecule has 0 atom stereocenters. The Morgan fingerprint density at radius 3 is 2.00 bits per heavy atom. The molecule has 1 heteroatoms. The highest BCUT2D eigenvalue weighted by Crippen LogP contribution is 2.38. The second-order valence-electron chi connectivity index (χ2n) is 5.38. The molecule has 0 amide bonds. The molecular formula is C16H25N. The number of aryl methyl sites for hydroxylation is 2. The van der Waals surface area contributed by atoms with Crippen molar-refractivity contribution in [3.05, 3.63) is 34.9 Å². The maximum atomic E-state index is 6.73. The van der Waals surface area contributed by atoms with Crippen molar-refractivity contribution in [2.75, 3.05) is 0 Å². The highest BCUT2D eigenvalue weighted by atomic mass is 14.7. The predicted molar refractivity (Wildman–Crippen MR) is 74.1 cm³/mol. The maximum Gasteiger partial charge on any atom is 0.0415 e. The summed E-state index contributed by atoms with van der Waals surface area (Å²) < 4.78 is 0. The lowest BCUT2D eigenvalue weighted by atomic mass is 9.73. The van der Waals surface area contributed by atoms with Crippen molar-refractivity contribution in [3.63, 3.8) is 0 Å². The predicted octanol–water partition coefficient (Wildman–Crippen LogP) is 3.93. The Kier molecular flexibility index (Phi) is 3.88. The standard InChI is InChI=1S/C16H25N/c1-3-13-9-8-10-14(4-2)15(13)16(17)11-6-5-7-12-16/h8-10H,3-7,11-12,17H2,1-2H3. The Labute approximate surface area is 105 Å². The van der Waals surface area contributed by atoms with Gasteiger partial charge in [-0.1, -0.05) is 51.3 Å². The third-order valence-electron chi connectivity index (χ3n) is 4.24. The smallest absolute Gasteiger partial charge is 0.0415 e. The van der Waals surface area contributed by atoms with E-state index >= 15 is 0 Å². The van der Waals surface area contributed by atoms with Crippen molar-refractivity contribution in [1.29, 1.82) is 0 Å². The molecule has 1 aliphatic carbocycles. The summed E-state index contributed by atoms with van der Waals surface area (Å²) in [4.78, 5) is 0. The Morgan fingerprint density at radius 2 is 1.53 bits per heavy atom. The zero-order valence-electron chi connectivity index (χ0n) is 11.3. The lowest BCUT2D eigenvalue weighted by molar-refractivity contribution is 0.299. The number of rotatable bonds is 3. The molecule has 1 aromatic carbocycles. The molecule has 2 rings (SSSR count). The van der Waals surface area contributed by atoms with Crippen LogP contribution in [-0.4, -0.2) is 0 Å². The third kappa shape index (κ3) is 2.40. The Bertz CT molecular complexity index is 353. The highest BCUT2D eigenvalue weighted by molar-refractivity contribution is 5.41. The first-order chi connectivity index (χ1) is 8.21. The average molecular weight is 231 g/mol. The molecule has 0 bridgehead atoms. The van der Waals surface area contributed by atoms with E-state index in [1.807, 2.05) is 0 Å². The zero-order valence-corrected chi connectivity index (χ0v) is 11.3. The van der Waals surface area contributed by atoms with Gasteiger partial charge < -0.3 is 5.73 Å². The van der Waals surface area contributed by atoms with Crippen LogP contribution in [0.15, 0.2) is 18.2 Å². The molecule has 1 saturated carbocycles. The molecule has 0 heterocycles. The molecular weight excluding hydrogens is 206 g/mol. The molecule has 1 aromatic rings. The van der Waals surface area contributed by atoms with E-state index in [0.29, 0.717) is 0 Å². The van der Waals surface area contributed by atoms with Gasteiger partial charge in [0.05, 0.1) is 0 Å². The van der Waals surface area contributed by atoms with Crippen molar-refractivity contribution >= 4 is 0 Å². The van der Waals surface area contributed by atoms with E-state index in [2.05, 4.69) is 32.0 Å². The lowest BCUT2D eigenvalue weighted by Crippen LogP contribution is -2.40. The van der Waals surface area contributed by atoms with Crippen LogP contribution in [0.25, 0.3) is 0 Å². The molecule has 1 aliphatic rings. The molecule has 1 nitrogen and oxygen atoms in total. The fourth-order valence-electron chi connectivity index (χ4n) is 3.31. The number of hydrogen-bond acceptors (Lipinski definition) is 1. The Hall–Kier alpha value is -0.820. The van der Waals surface area contributed by atoms with Crippen LogP contribution in [-0.2, 0) is 18.4 Å². The second kappa shape index (κ2) is 5.22. The van der Waals surface area contributed by atoms with Gasteiger partial charge in [-0.2, -0.15) is 0 Å². The van der Waals surface area contributed by atoms with Crippen molar-refractivity contribution < 1.29 is 0 Å². The van der Waals surface area contributed by atoms with Crippen LogP contribution < -0.4 is 5.73 Å². The van der Waals surface area contributed by atoms with Crippen molar-refractivity contribution in [2.24, 2.45) is 5.73 Å². The van der Waals surface area contributed by atoms with E-state index in [9.17, 15) is 0 Å². The van der Waals surface area contributed by atoms with Gasteiger partial charge in [0, 0.05) is 5.54 Å². The average Bonchev–Trinajstić information content (AvgIpc) is 2.38. The van der Waals surface area contributed by atoms with Gasteiger partial charge in [0.25, 0.3) is 0 Å². The van der Waals surface area contributed by atoms with Gasteiger partial charge in [0.2, 0.25) is 0 Å². The first-order valence-corrected chi connectivity index (χ1v) is 7.11. The van der Waals surface area contributed by atoms with Crippen LogP contribution in [0, 0.1) is 0 Å². The van der Waals surface area contributed by atoms with Crippen LogP contribution in [0.2, 0.25) is 0 Å². The molecule has 94 valence electrons. The molecule has 0 spiro atoms. The van der Waals surface area contributed by atoms with Crippen molar-refractivity contribution in [2.45, 2.75) is 64.3 Å². The highest BCUT2D eigenvalue weighted by Gasteiger charge is 2.32. The van der Waals surface area contributed by atoms with E-state index in [1.165, 1.54) is 36.0 Å². The van der Waals surface area contributed by atoms with Gasteiger partial charge in [-0.25, -0.2) is 0 Å². The molecule has 0 aromatic heterocycles. The van der Waals surface area contributed by atoms with Crippen molar-refractivity contribution in [1.82, 2.24) is 0 Å². The quantitative estimate of drug-likeness (QED) is 0.838. The van der Waals surface area contributed by atoms with Crippen LogP contribution in [0.1, 0.15) is 62.6 Å². The van der Waals surface area contributed by atoms with E-state index in [0.717, 1.165) is 25.7 Å². The van der Waals surface area contributed by atoms with Crippen LogP contribution in [0.4, 0.5) is 0 Å². The summed E-state index contributed by atoms with van der Waals surface area (Å²) in [5.74, 6) is 0.